The Morgan fingerprint density at radius 1 is 1.11 bits per heavy atom. The molecule has 0 saturated carbocycles. The second kappa shape index (κ2) is 7.98. The van der Waals surface area contributed by atoms with Gasteiger partial charge in [-0.05, 0) is 25.1 Å². The lowest BCUT2D eigenvalue weighted by atomic mass is 9.69. The average molecular weight is 469 g/mol. The minimum absolute atomic E-state index is 0.0858. The second-order valence-electron chi connectivity index (χ2n) is 8.84. The van der Waals surface area contributed by atoms with Crippen molar-refractivity contribution in [2.24, 2.45) is 5.73 Å². The first-order valence-electron chi connectivity index (χ1n) is 11.5. The smallest absolute Gasteiger partial charge is 0.249 e. The third-order valence-electron chi connectivity index (χ3n) is 6.94. The minimum atomic E-state index is -1.44. The number of nitriles is 1. The zero-order valence-corrected chi connectivity index (χ0v) is 19.3. The summed E-state index contributed by atoms with van der Waals surface area (Å²) in [7, 11) is 0. The fourth-order valence-electron chi connectivity index (χ4n) is 5.40. The van der Waals surface area contributed by atoms with Gasteiger partial charge in [0.15, 0.2) is 0 Å². The number of carbonyl (C=O) groups excluding carboxylic acids is 1. The summed E-state index contributed by atoms with van der Waals surface area (Å²) in [6, 6.07) is 19.3. The summed E-state index contributed by atoms with van der Waals surface area (Å²) in [6.45, 7) is 4.91. The van der Waals surface area contributed by atoms with Gasteiger partial charge in [-0.1, -0.05) is 36.4 Å². The molecule has 1 saturated heterocycles. The van der Waals surface area contributed by atoms with E-state index in [0.717, 1.165) is 24.5 Å². The van der Waals surface area contributed by atoms with Crippen LogP contribution >= 0.6 is 0 Å². The van der Waals surface area contributed by atoms with Crippen molar-refractivity contribution in [3.8, 4) is 17.6 Å². The maximum absolute atomic E-state index is 14.5. The molecule has 3 aromatic rings. The molecule has 6 rings (SSSR count). The lowest BCUT2D eigenvalue weighted by Crippen LogP contribution is -2.50. The largest absolute Gasteiger partial charge is 0.422 e. The van der Waals surface area contributed by atoms with Crippen molar-refractivity contribution in [3.05, 3.63) is 82.9 Å². The van der Waals surface area contributed by atoms with E-state index >= 15 is 0 Å². The Morgan fingerprint density at radius 3 is 2.57 bits per heavy atom. The number of hydrogen-bond donors (Lipinski definition) is 1. The van der Waals surface area contributed by atoms with Crippen LogP contribution in [0.4, 0.5) is 5.69 Å². The number of aromatic nitrogens is 2. The zero-order valence-electron chi connectivity index (χ0n) is 19.3. The molecular weight excluding hydrogens is 444 g/mol. The summed E-state index contributed by atoms with van der Waals surface area (Å²) in [4.78, 5) is 18.5. The van der Waals surface area contributed by atoms with Gasteiger partial charge in [-0.25, -0.2) is 4.68 Å². The predicted octanol–water partition coefficient (Wildman–Crippen LogP) is 2.19. The number of benzene rings is 2. The Labute approximate surface area is 202 Å². The number of nitrogens with zero attached hydrogens (tertiary/aromatic N) is 5. The molecule has 1 atom stereocenters. The Balaban J connectivity index is 1.60. The number of anilines is 1. The molecular formula is C26H24N6O3. The van der Waals surface area contributed by atoms with Gasteiger partial charge in [0.25, 0.3) is 0 Å². The highest BCUT2D eigenvalue weighted by Gasteiger charge is 2.61. The molecule has 4 heterocycles. The summed E-state index contributed by atoms with van der Waals surface area (Å²) in [5, 5.41) is 15.0. The van der Waals surface area contributed by atoms with Crippen LogP contribution in [0.5, 0.6) is 5.88 Å². The highest BCUT2D eigenvalue weighted by atomic mass is 16.5. The molecule has 9 heteroatoms. The predicted molar refractivity (Wildman–Crippen MR) is 128 cm³/mol. The molecule has 2 aromatic carbocycles. The van der Waals surface area contributed by atoms with Gasteiger partial charge in [0.2, 0.25) is 17.7 Å². The van der Waals surface area contributed by atoms with Crippen LogP contribution in [-0.2, 0) is 14.9 Å². The summed E-state index contributed by atoms with van der Waals surface area (Å²) < 4.78 is 13.1. The number of fused-ring (bicyclic) bond motifs is 4. The zero-order chi connectivity index (χ0) is 24.2. The van der Waals surface area contributed by atoms with Crippen molar-refractivity contribution >= 4 is 11.6 Å². The van der Waals surface area contributed by atoms with Gasteiger partial charge in [0.1, 0.15) is 17.1 Å². The number of ether oxygens (including phenoxy) is 2. The van der Waals surface area contributed by atoms with Crippen molar-refractivity contribution in [3.63, 3.8) is 0 Å². The molecule has 2 N–H and O–H groups in total. The van der Waals surface area contributed by atoms with E-state index in [0.29, 0.717) is 42.6 Å². The van der Waals surface area contributed by atoms with Crippen LogP contribution in [0.25, 0.3) is 5.69 Å². The highest BCUT2D eigenvalue weighted by Crippen LogP contribution is 2.56. The van der Waals surface area contributed by atoms with Crippen LogP contribution in [0, 0.1) is 18.3 Å². The normalized spacial score (nSPS) is 21.6. The number of nitrogens with two attached hydrogens (primary N) is 1. The molecule has 0 radical (unpaired) electrons. The van der Waals surface area contributed by atoms with Crippen LogP contribution in [-0.4, -0.2) is 53.6 Å². The van der Waals surface area contributed by atoms with Crippen molar-refractivity contribution in [1.29, 1.82) is 5.26 Å². The second-order valence-corrected chi connectivity index (χ2v) is 8.84. The van der Waals surface area contributed by atoms with Gasteiger partial charge >= 0.3 is 0 Å². The molecule has 35 heavy (non-hydrogen) atoms. The molecule has 0 aliphatic carbocycles. The maximum atomic E-state index is 14.5. The number of morpholine rings is 1. The summed E-state index contributed by atoms with van der Waals surface area (Å²) in [5.41, 5.74) is 8.38. The van der Waals surface area contributed by atoms with Crippen LogP contribution in [0.3, 0.4) is 0 Å². The van der Waals surface area contributed by atoms with Gasteiger partial charge in [-0.3, -0.25) is 14.6 Å². The molecule has 176 valence electrons. The van der Waals surface area contributed by atoms with Gasteiger partial charge < -0.3 is 15.2 Å². The molecule has 1 aromatic heterocycles. The van der Waals surface area contributed by atoms with Gasteiger partial charge in [0.05, 0.1) is 42.5 Å². The molecule has 1 spiro atoms. The van der Waals surface area contributed by atoms with Crippen LogP contribution < -0.4 is 15.4 Å². The molecule has 1 fully saturated rings. The SMILES string of the molecule is Cc1nn(-c2ccccc2)c2c1C1(C(=O)N(CN3CCOCC3)c3ccccc31)C(C#N)=C(N)O2. The van der Waals surface area contributed by atoms with Gasteiger partial charge in [0, 0.05) is 18.7 Å². The summed E-state index contributed by atoms with van der Waals surface area (Å²) in [6.07, 6.45) is 0. The van der Waals surface area contributed by atoms with Crippen molar-refractivity contribution in [2.45, 2.75) is 12.3 Å². The lowest BCUT2D eigenvalue weighted by Gasteiger charge is -2.34. The molecule has 0 bridgehead atoms. The summed E-state index contributed by atoms with van der Waals surface area (Å²) in [5.74, 6) is 0.0278. The van der Waals surface area contributed by atoms with E-state index in [9.17, 15) is 10.1 Å². The number of para-hydroxylation sites is 2. The van der Waals surface area contributed by atoms with Crippen LogP contribution in [0.2, 0.25) is 0 Å². The van der Waals surface area contributed by atoms with E-state index in [4.69, 9.17) is 20.3 Å². The molecule has 1 unspecified atom stereocenters. The Kier molecular flexibility index (Phi) is 4.88. The minimum Gasteiger partial charge on any atom is -0.422 e. The topological polar surface area (TPSA) is 110 Å². The number of hydrogen-bond acceptors (Lipinski definition) is 7. The molecule has 9 nitrogen and oxygen atoms in total. The first kappa shape index (κ1) is 21.4. The standard InChI is InChI=1S/C26H24N6O3/c1-17-22-24(32(29-17)18-7-3-2-4-8-18)35-23(28)20(15-27)26(22)19-9-5-6-10-21(19)31(25(26)33)16-30-11-13-34-14-12-30/h2-10H,11-14,16,28H2,1H3. The monoisotopic (exact) mass is 468 g/mol. The van der Waals surface area contributed by atoms with Gasteiger partial charge in [-0.2, -0.15) is 10.4 Å². The van der Waals surface area contributed by atoms with Crippen molar-refractivity contribution < 1.29 is 14.3 Å². The number of aryl methyl sites for hydroxylation is 1. The average Bonchev–Trinajstić information content (AvgIpc) is 3.34. The van der Waals surface area contributed by atoms with E-state index in [2.05, 4.69) is 11.0 Å². The van der Waals surface area contributed by atoms with Crippen LogP contribution in [0.15, 0.2) is 66.1 Å². The molecule has 1 amide bonds. The van der Waals surface area contributed by atoms with Crippen molar-refractivity contribution in [2.75, 3.05) is 37.9 Å². The maximum Gasteiger partial charge on any atom is 0.249 e. The van der Waals surface area contributed by atoms with Crippen molar-refractivity contribution in [1.82, 2.24) is 14.7 Å². The fourth-order valence-corrected chi connectivity index (χ4v) is 5.40. The summed E-state index contributed by atoms with van der Waals surface area (Å²) >= 11 is 0. The Bertz CT molecular complexity index is 1400. The number of rotatable bonds is 3. The third kappa shape index (κ3) is 2.94. The van der Waals surface area contributed by atoms with Crippen LogP contribution in [0.1, 0.15) is 16.8 Å². The highest BCUT2D eigenvalue weighted by molar-refractivity contribution is 6.14. The third-order valence-corrected chi connectivity index (χ3v) is 6.94. The fraction of sp³-hybridized carbons (Fsp3) is 0.269. The Hall–Kier alpha value is -4.13. The molecule has 3 aliphatic heterocycles. The Morgan fingerprint density at radius 2 is 1.83 bits per heavy atom. The number of amides is 1. The molecule has 3 aliphatic rings. The van der Waals surface area contributed by atoms with Gasteiger partial charge in [-0.15, -0.1) is 0 Å². The quantitative estimate of drug-likeness (QED) is 0.627. The van der Waals surface area contributed by atoms with E-state index in [1.54, 1.807) is 9.58 Å². The first-order valence-corrected chi connectivity index (χ1v) is 11.5. The van der Waals surface area contributed by atoms with E-state index < -0.39 is 5.41 Å². The van der Waals surface area contributed by atoms with E-state index in [1.165, 1.54) is 0 Å². The lowest BCUT2D eigenvalue weighted by molar-refractivity contribution is -0.121. The number of carbonyl (C=O) groups is 1. The van der Waals surface area contributed by atoms with E-state index in [1.807, 2.05) is 61.5 Å². The van der Waals surface area contributed by atoms with E-state index in [-0.39, 0.29) is 17.4 Å². The first-order chi connectivity index (χ1) is 17.1.